The Balaban J connectivity index is 4.59. The molecule has 0 saturated carbocycles. The normalized spacial score (nSPS) is 13.6. The molecule has 0 saturated heterocycles. The minimum atomic E-state index is 0.00722. The Kier molecular flexibility index (Phi) is 5.01. The second kappa shape index (κ2) is 5.23. The van der Waals surface area contributed by atoms with Gasteiger partial charge in [-0.3, -0.25) is 0 Å². The van der Waals surface area contributed by atoms with Gasteiger partial charge in [0.05, 0.1) is 6.10 Å². The molecule has 1 atom stereocenters. The van der Waals surface area contributed by atoms with Crippen molar-refractivity contribution in [3.05, 3.63) is 24.3 Å². The van der Waals surface area contributed by atoms with Crippen molar-refractivity contribution in [1.29, 1.82) is 0 Å². The number of ether oxygens (including phenoxy) is 1. The SMILES string of the molecule is C=CC(C)(C)C(C=C(C)C)OCC. The Morgan fingerprint density at radius 3 is 2.31 bits per heavy atom. The van der Waals surface area contributed by atoms with Crippen LogP contribution < -0.4 is 0 Å². The van der Waals surface area contributed by atoms with Crippen molar-refractivity contribution in [2.75, 3.05) is 6.61 Å². The first-order valence-corrected chi connectivity index (χ1v) is 4.84. The van der Waals surface area contributed by atoms with E-state index in [1.807, 2.05) is 13.0 Å². The van der Waals surface area contributed by atoms with Gasteiger partial charge in [-0.15, -0.1) is 6.58 Å². The van der Waals surface area contributed by atoms with Crippen LogP contribution in [-0.4, -0.2) is 12.7 Å². The number of rotatable bonds is 5. The Morgan fingerprint density at radius 1 is 1.46 bits per heavy atom. The lowest BCUT2D eigenvalue weighted by Crippen LogP contribution is -2.28. The number of hydrogen-bond acceptors (Lipinski definition) is 1. The third kappa shape index (κ3) is 4.28. The van der Waals surface area contributed by atoms with Gasteiger partial charge in [0.2, 0.25) is 0 Å². The molecular formula is C12H22O. The van der Waals surface area contributed by atoms with Gasteiger partial charge in [0.15, 0.2) is 0 Å². The second-order valence-corrected chi connectivity index (χ2v) is 4.15. The molecule has 0 spiro atoms. The van der Waals surface area contributed by atoms with Crippen LogP contribution in [0.4, 0.5) is 0 Å². The summed E-state index contributed by atoms with van der Waals surface area (Å²) in [6.07, 6.45) is 4.25. The van der Waals surface area contributed by atoms with Crippen molar-refractivity contribution in [1.82, 2.24) is 0 Å². The van der Waals surface area contributed by atoms with Crippen molar-refractivity contribution < 1.29 is 4.74 Å². The first kappa shape index (κ1) is 12.4. The predicted molar refractivity (Wildman–Crippen MR) is 58.8 cm³/mol. The molecular weight excluding hydrogens is 160 g/mol. The standard InChI is InChI=1S/C12H22O/c1-7-12(5,6)11(13-8-2)9-10(3)4/h7,9,11H,1,8H2,2-6H3. The van der Waals surface area contributed by atoms with Crippen LogP contribution in [0.3, 0.4) is 0 Å². The van der Waals surface area contributed by atoms with E-state index >= 15 is 0 Å². The molecule has 0 bridgehead atoms. The average Bonchev–Trinajstić information content (AvgIpc) is 2.03. The summed E-state index contributed by atoms with van der Waals surface area (Å²) in [5.74, 6) is 0. The smallest absolute Gasteiger partial charge is 0.0843 e. The lowest BCUT2D eigenvalue weighted by atomic mass is 9.85. The first-order valence-electron chi connectivity index (χ1n) is 4.84. The van der Waals surface area contributed by atoms with Crippen molar-refractivity contribution in [3.63, 3.8) is 0 Å². The molecule has 1 unspecified atom stereocenters. The van der Waals surface area contributed by atoms with Crippen molar-refractivity contribution in [2.45, 2.75) is 40.7 Å². The first-order chi connectivity index (χ1) is 5.94. The Labute approximate surface area is 82.5 Å². The van der Waals surface area contributed by atoms with Gasteiger partial charge >= 0.3 is 0 Å². The molecule has 0 aromatic carbocycles. The fourth-order valence-electron chi connectivity index (χ4n) is 1.08. The second-order valence-electron chi connectivity index (χ2n) is 4.15. The number of hydrogen-bond donors (Lipinski definition) is 0. The molecule has 0 amide bonds. The topological polar surface area (TPSA) is 9.23 Å². The van der Waals surface area contributed by atoms with E-state index in [-0.39, 0.29) is 11.5 Å². The maximum absolute atomic E-state index is 5.66. The quantitative estimate of drug-likeness (QED) is 0.591. The summed E-state index contributed by atoms with van der Waals surface area (Å²) >= 11 is 0. The Morgan fingerprint density at radius 2 is 2.00 bits per heavy atom. The summed E-state index contributed by atoms with van der Waals surface area (Å²) in [6.45, 7) is 15.0. The molecule has 0 aliphatic heterocycles. The van der Waals surface area contributed by atoms with E-state index in [0.29, 0.717) is 0 Å². The highest BCUT2D eigenvalue weighted by atomic mass is 16.5. The van der Waals surface area contributed by atoms with E-state index in [0.717, 1.165) is 6.61 Å². The summed E-state index contributed by atoms with van der Waals surface area (Å²) < 4.78 is 5.66. The molecule has 1 nitrogen and oxygen atoms in total. The monoisotopic (exact) mass is 182 g/mol. The van der Waals surface area contributed by atoms with E-state index in [2.05, 4.69) is 40.3 Å². The molecule has 0 heterocycles. The molecule has 1 heteroatoms. The maximum atomic E-state index is 5.66. The van der Waals surface area contributed by atoms with Crippen LogP contribution in [0, 0.1) is 5.41 Å². The summed E-state index contributed by atoms with van der Waals surface area (Å²) in [6, 6.07) is 0. The zero-order valence-electron chi connectivity index (χ0n) is 9.55. The summed E-state index contributed by atoms with van der Waals surface area (Å²) in [7, 11) is 0. The highest BCUT2D eigenvalue weighted by Gasteiger charge is 2.24. The van der Waals surface area contributed by atoms with Crippen molar-refractivity contribution in [3.8, 4) is 0 Å². The van der Waals surface area contributed by atoms with Crippen LogP contribution in [0.5, 0.6) is 0 Å². The van der Waals surface area contributed by atoms with Crippen LogP contribution in [0.15, 0.2) is 24.3 Å². The van der Waals surface area contributed by atoms with Crippen LogP contribution in [0.2, 0.25) is 0 Å². The molecule has 0 aromatic heterocycles. The minimum absolute atomic E-state index is 0.00722. The Bertz CT molecular complexity index is 185. The van der Waals surface area contributed by atoms with Crippen molar-refractivity contribution in [2.24, 2.45) is 5.41 Å². The molecule has 76 valence electrons. The van der Waals surface area contributed by atoms with E-state index in [4.69, 9.17) is 4.74 Å². The third-order valence-electron chi connectivity index (χ3n) is 2.09. The van der Waals surface area contributed by atoms with Crippen LogP contribution in [0.1, 0.15) is 34.6 Å². The van der Waals surface area contributed by atoms with Gasteiger partial charge in [-0.25, -0.2) is 0 Å². The van der Waals surface area contributed by atoms with Crippen LogP contribution >= 0.6 is 0 Å². The fraction of sp³-hybridized carbons (Fsp3) is 0.667. The molecule has 0 aliphatic rings. The molecule has 0 aliphatic carbocycles. The molecule has 0 fully saturated rings. The highest BCUT2D eigenvalue weighted by Crippen LogP contribution is 2.26. The lowest BCUT2D eigenvalue weighted by Gasteiger charge is -2.29. The van der Waals surface area contributed by atoms with Gasteiger partial charge in [0, 0.05) is 12.0 Å². The van der Waals surface area contributed by atoms with Gasteiger partial charge in [0.1, 0.15) is 0 Å². The average molecular weight is 182 g/mol. The van der Waals surface area contributed by atoms with E-state index in [1.54, 1.807) is 0 Å². The highest BCUT2D eigenvalue weighted by molar-refractivity contribution is 5.08. The fourth-order valence-corrected chi connectivity index (χ4v) is 1.08. The van der Waals surface area contributed by atoms with Gasteiger partial charge in [0.25, 0.3) is 0 Å². The lowest BCUT2D eigenvalue weighted by molar-refractivity contribution is 0.0352. The Hall–Kier alpha value is -0.560. The largest absolute Gasteiger partial charge is 0.374 e. The minimum Gasteiger partial charge on any atom is -0.374 e. The molecule has 0 N–H and O–H groups in total. The summed E-state index contributed by atoms with van der Waals surface area (Å²) in [5, 5.41) is 0. The van der Waals surface area contributed by atoms with Gasteiger partial charge in [-0.05, 0) is 20.8 Å². The maximum Gasteiger partial charge on any atom is 0.0843 e. The zero-order valence-corrected chi connectivity index (χ0v) is 9.55. The zero-order chi connectivity index (χ0) is 10.5. The van der Waals surface area contributed by atoms with E-state index < -0.39 is 0 Å². The van der Waals surface area contributed by atoms with Crippen LogP contribution in [0.25, 0.3) is 0 Å². The van der Waals surface area contributed by atoms with Gasteiger partial charge in [-0.2, -0.15) is 0 Å². The predicted octanol–water partition coefficient (Wildman–Crippen LogP) is 3.57. The van der Waals surface area contributed by atoms with E-state index in [9.17, 15) is 0 Å². The van der Waals surface area contributed by atoms with Gasteiger partial charge < -0.3 is 4.74 Å². The van der Waals surface area contributed by atoms with Crippen LogP contribution in [-0.2, 0) is 4.74 Å². The molecule has 13 heavy (non-hydrogen) atoms. The molecule has 0 radical (unpaired) electrons. The number of allylic oxidation sites excluding steroid dienone is 1. The third-order valence-corrected chi connectivity index (χ3v) is 2.09. The summed E-state index contributed by atoms with van der Waals surface area (Å²) in [4.78, 5) is 0. The molecule has 0 rings (SSSR count). The van der Waals surface area contributed by atoms with E-state index in [1.165, 1.54) is 5.57 Å². The summed E-state index contributed by atoms with van der Waals surface area (Å²) in [5.41, 5.74) is 1.29. The van der Waals surface area contributed by atoms with Crippen molar-refractivity contribution >= 4 is 0 Å². The van der Waals surface area contributed by atoms with Gasteiger partial charge in [-0.1, -0.05) is 31.6 Å². The molecule has 0 aromatic rings.